The van der Waals surface area contributed by atoms with Gasteiger partial charge in [-0.2, -0.15) is 10.4 Å². The fraction of sp³-hybridized carbons (Fsp3) is 0.455. The number of carbonyl (C=O) groups excluding carboxylic acids is 2. The van der Waals surface area contributed by atoms with Crippen LogP contribution in [0.1, 0.15) is 34.2 Å². The molecule has 0 radical (unpaired) electrons. The number of nitrogens with one attached hydrogen (secondary N) is 1. The second-order valence-corrected chi connectivity index (χ2v) is 8.33. The molecule has 1 aromatic heterocycles. The van der Waals surface area contributed by atoms with Crippen molar-refractivity contribution < 1.29 is 32.3 Å². The van der Waals surface area contributed by atoms with Crippen molar-refractivity contribution in [2.45, 2.75) is 45.0 Å². The summed E-state index contributed by atoms with van der Waals surface area (Å²) >= 11 is 0. The first-order valence-electron chi connectivity index (χ1n) is 10.8. The molecule has 0 fully saturated rings. The third kappa shape index (κ3) is 5.08. The molecule has 0 saturated heterocycles. The fourth-order valence-corrected chi connectivity index (χ4v) is 4.14. The summed E-state index contributed by atoms with van der Waals surface area (Å²) in [4.78, 5) is 33.1. The molecule has 3 heterocycles. The zero-order valence-electron chi connectivity index (χ0n) is 19.0. The Morgan fingerprint density at radius 1 is 1.43 bits per heavy atom. The summed E-state index contributed by atoms with van der Waals surface area (Å²) < 4.78 is 44.9. The quantitative estimate of drug-likeness (QED) is 0.687. The SMILES string of the molecule is C[C@@H]1Cc2nn3c(c2CN1C(=O)Nc1ccc(F)c(C#N)c1)C(=O)N(C)OC(COCC(F)F)C3. The minimum absolute atomic E-state index is 0.0795. The molecule has 2 atom stereocenters. The molecule has 35 heavy (non-hydrogen) atoms. The van der Waals surface area contributed by atoms with Crippen LogP contribution < -0.4 is 5.32 Å². The third-order valence-corrected chi connectivity index (χ3v) is 5.80. The van der Waals surface area contributed by atoms with Crippen molar-refractivity contribution in [3.05, 3.63) is 46.5 Å². The predicted molar refractivity (Wildman–Crippen MR) is 115 cm³/mol. The number of benzene rings is 1. The van der Waals surface area contributed by atoms with Gasteiger partial charge in [0.05, 0.1) is 31.0 Å². The predicted octanol–water partition coefficient (Wildman–Crippen LogP) is 2.54. The highest BCUT2D eigenvalue weighted by Gasteiger charge is 2.37. The molecule has 3 amide bonds. The Bertz CT molecular complexity index is 1180. The summed E-state index contributed by atoms with van der Waals surface area (Å²) in [6.07, 6.45) is -2.96. The Hall–Kier alpha value is -3.63. The molecule has 0 aliphatic carbocycles. The van der Waals surface area contributed by atoms with Gasteiger partial charge in [0.2, 0.25) is 0 Å². The summed E-state index contributed by atoms with van der Waals surface area (Å²) in [6, 6.07) is 4.66. The number of amides is 3. The van der Waals surface area contributed by atoms with Gasteiger partial charge in [-0.15, -0.1) is 0 Å². The van der Waals surface area contributed by atoms with Crippen molar-refractivity contribution >= 4 is 17.6 Å². The smallest absolute Gasteiger partial charge is 0.322 e. The van der Waals surface area contributed by atoms with Crippen LogP contribution in [0.2, 0.25) is 0 Å². The van der Waals surface area contributed by atoms with Crippen LogP contribution >= 0.6 is 0 Å². The molecule has 0 spiro atoms. The molecular formula is C22H23F3N6O4. The topological polar surface area (TPSA) is 113 Å². The van der Waals surface area contributed by atoms with Gasteiger partial charge in [0.25, 0.3) is 12.3 Å². The van der Waals surface area contributed by atoms with Crippen LogP contribution in [0.4, 0.5) is 23.7 Å². The van der Waals surface area contributed by atoms with E-state index in [0.29, 0.717) is 17.7 Å². The van der Waals surface area contributed by atoms with E-state index in [2.05, 4.69) is 10.4 Å². The molecule has 1 N–H and O–H groups in total. The number of nitrogens with zero attached hydrogens (tertiary/aromatic N) is 5. The minimum atomic E-state index is -2.62. The molecule has 1 aromatic carbocycles. The summed E-state index contributed by atoms with van der Waals surface area (Å²) in [5.41, 5.74) is 1.53. The lowest BCUT2D eigenvalue weighted by atomic mass is 9.99. The summed E-state index contributed by atoms with van der Waals surface area (Å²) in [5, 5.41) is 17.2. The molecule has 0 saturated carbocycles. The Morgan fingerprint density at radius 2 is 2.20 bits per heavy atom. The standard InChI is InChI=1S/C22H23F3N6O4/c1-12-5-18-16(9-30(12)22(33)27-14-3-4-17(23)13(6-14)7-26)20-21(32)29(2)35-15(8-31(20)28-18)10-34-11-19(24)25/h3-4,6,12,15,19H,5,8-11H2,1-2H3,(H,27,33)/t12-,15?/m1/s1. The fourth-order valence-electron chi connectivity index (χ4n) is 4.14. The average molecular weight is 492 g/mol. The molecule has 10 nitrogen and oxygen atoms in total. The van der Waals surface area contributed by atoms with Crippen molar-refractivity contribution in [1.82, 2.24) is 19.7 Å². The molecule has 13 heteroatoms. The van der Waals surface area contributed by atoms with E-state index in [1.807, 2.05) is 6.92 Å². The third-order valence-electron chi connectivity index (χ3n) is 5.80. The van der Waals surface area contributed by atoms with Crippen LogP contribution in [0.25, 0.3) is 0 Å². The van der Waals surface area contributed by atoms with E-state index in [1.54, 1.807) is 6.07 Å². The van der Waals surface area contributed by atoms with Gasteiger partial charge in [0, 0.05) is 30.8 Å². The van der Waals surface area contributed by atoms with E-state index >= 15 is 0 Å². The van der Waals surface area contributed by atoms with Crippen LogP contribution in [0, 0.1) is 17.1 Å². The number of carbonyl (C=O) groups is 2. The number of nitriles is 1. The van der Waals surface area contributed by atoms with Gasteiger partial charge in [0.15, 0.2) is 0 Å². The van der Waals surface area contributed by atoms with Crippen LogP contribution in [-0.4, -0.2) is 70.5 Å². The van der Waals surface area contributed by atoms with Gasteiger partial charge < -0.3 is 15.0 Å². The van der Waals surface area contributed by atoms with E-state index in [9.17, 15) is 22.8 Å². The van der Waals surface area contributed by atoms with E-state index in [1.165, 1.54) is 28.8 Å². The van der Waals surface area contributed by atoms with E-state index < -0.39 is 36.9 Å². The Labute approximate surface area is 198 Å². The first kappa shape index (κ1) is 24.5. The summed E-state index contributed by atoms with van der Waals surface area (Å²) in [7, 11) is 1.41. The van der Waals surface area contributed by atoms with E-state index in [-0.39, 0.29) is 42.7 Å². The van der Waals surface area contributed by atoms with Crippen LogP contribution in [-0.2, 0) is 29.1 Å². The number of hydrogen-bond donors (Lipinski definition) is 1. The lowest BCUT2D eigenvalue weighted by Gasteiger charge is -2.33. The number of alkyl halides is 2. The molecule has 2 aliphatic heterocycles. The number of anilines is 1. The number of aromatic nitrogens is 2. The number of halogens is 3. The van der Waals surface area contributed by atoms with Gasteiger partial charge in [-0.3, -0.25) is 14.3 Å². The summed E-state index contributed by atoms with van der Waals surface area (Å²) in [5.74, 6) is -1.17. The van der Waals surface area contributed by atoms with E-state index in [0.717, 1.165) is 11.1 Å². The lowest BCUT2D eigenvalue weighted by Crippen LogP contribution is -2.45. The number of fused-ring (bicyclic) bond motifs is 3. The maximum atomic E-state index is 13.6. The number of ether oxygens (including phenoxy) is 1. The van der Waals surface area contributed by atoms with Gasteiger partial charge in [-0.1, -0.05) is 0 Å². The normalized spacial score (nSPS) is 19.7. The average Bonchev–Trinajstić information content (AvgIpc) is 3.09. The number of urea groups is 1. The van der Waals surface area contributed by atoms with Crippen molar-refractivity contribution in [3.8, 4) is 6.07 Å². The second-order valence-electron chi connectivity index (χ2n) is 8.33. The molecule has 4 rings (SSSR count). The minimum Gasteiger partial charge on any atom is -0.373 e. The number of hydroxylamine groups is 2. The molecule has 1 unspecified atom stereocenters. The first-order chi connectivity index (χ1) is 16.7. The number of hydrogen-bond acceptors (Lipinski definition) is 6. The van der Waals surface area contributed by atoms with Gasteiger partial charge in [-0.25, -0.2) is 23.0 Å². The maximum absolute atomic E-state index is 13.6. The van der Waals surface area contributed by atoms with Crippen molar-refractivity contribution in [1.29, 1.82) is 5.26 Å². The van der Waals surface area contributed by atoms with Crippen molar-refractivity contribution in [2.75, 3.05) is 25.6 Å². The van der Waals surface area contributed by atoms with Crippen LogP contribution in [0.15, 0.2) is 18.2 Å². The first-order valence-corrected chi connectivity index (χ1v) is 10.8. The maximum Gasteiger partial charge on any atom is 0.322 e. The summed E-state index contributed by atoms with van der Waals surface area (Å²) in [6.45, 7) is 1.12. The second kappa shape index (κ2) is 9.93. The Kier molecular flexibility index (Phi) is 6.95. The highest BCUT2D eigenvalue weighted by atomic mass is 19.3. The van der Waals surface area contributed by atoms with Crippen LogP contribution in [0.5, 0.6) is 0 Å². The zero-order chi connectivity index (χ0) is 25.3. The molecule has 186 valence electrons. The Balaban J connectivity index is 1.55. The highest BCUT2D eigenvalue weighted by molar-refractivity contribution is 5.94. The van der Waals surface area contributed by atoms with E-state index in [4.69, 9.17) is 14.8 Å². The van der Waals surface area contributed by atoms with Crippen molar-refractivity contribution in [3.63, 3.8) is 0 Å². The molecular weight excluding hydrogens is 469 g/mol. The largest absolute Gasteiger partial charge is 0.373 e. The van der Waals surface area contributed by atoms with Gasteiger partial charge >= 0.3 is 6.03 Å². The highest BCUT2D eigenvalue weighted by Crippen LogP contribution is 2.29. The zero-order valence-corrected chi connectivity index (χ0v) is 19.0. The molecule has 2 aromatic rings. The number of rotatable bonds is 5. The van der Waals surface area contributed by atoms with Gasteiger partial charge in [0.1, 0.15) is 30.3 Å². The lowest BCUT2D eigenvalue weighted by molar-refractivity contribution is -0.169. The monoisotopic (exact) mass is 492 g/mol. The molecule has 2 aliphatic rings. The van der Waals surface area contributed by atoms with Gasteiger partial charge in [-0.05, 0) is 25.1 Å². The molecule has 0 bridgehead atoms. The van der Waals surface area contributed by atoms with Crippen LogP contribution in [0.3, 0.4) is 0 Å². The Morgan fingerprint density at radius 3 is 2.91 bits per heavy atom. The van der Waals surface area contributed by atoms with Crippen molar-refractivity contribution in [2.24, 2.45) is 0 Å².